The predicted molar refractivity (Wildman–Crippen MR) is 40.0 cm³/mol. The Bertz CT molecular complexity index is 243. The average Bonchev–Trinajstić information content (AvgIpc) is 1.98. The molecule has 0 spiro atoms. The zero-order valence-corrected chi connectivity index (χ0v) is 6.27. The molecular weight excluding hydrogens is 146 g/mol. The van der Waals surface area contributed by atoms with E-state index in [0.29, 0.717) is 6.42 Å². The Labute approximate surface area is 64.9 Å². The van der Waals surface area contributed by atoms with Crippen LogP contribution in [-0.2, 0) is 6.42 Å². The minimum absolute atomic E-state index is 0.678. The van der Waals surface area contributed by atoms with Crippen LogP contribution >= 0.6 is 0 Å². The molecule has 0 nitrogen and oxygen atoms in total. The molecule has 0 aromatic heterocycles. The first-order valence-electron chi connectivity index (χ1n) is 3.46. The third-order valence-electron chi connectivity index (χ3n) is 1.42. The van der Waals surface area contributed by atoms with Crippen molar-refractivity contribution in [1.82, 2.24) is 0 Å². The Morgan fingerprint density at radius 3 is 2.55 bits per heavy atom. The van der Waals surface area contributed by atoms with Crippen molar-refractivity contribution < 1.29 is 8.78 Å². The van der Waals surface area contributed by atoms with E-state index in [2.05, 4.69) is 0 Å². The SMILES string of the molecule is C[CH]Cc1ccc(F)c(F)c1. The summed E-state index contributed by atoms with van der Waals surface area (Å²) < 4.78 is 24.9. The van der Waals surface area contributed by atoms with Crippen LogP contribution in [0.2, 0.25) is 0 Å². The van der Waals surface area contributed by atoms with Crippen LogP contribution in [0.15, 0.2) is 18.2 Å². The van der Waals surface area contributed by atoms with Gasteiger partial charge in [-0.25, -0.2) is 8.78 Å². The molecule has 0 bridgehead atoms. The lowest BCUT2D eigenvalue weighted by Crippen LogP contribution is -1.88. The van der Waals surface area contributed by atoms with Gasteiger partial charge in [-0.1, -0.05) is 13.0 Å². The molecule has 0 N–H and O–H groups in total. The van der Waals surface area contributed by atoms with E-state index < -0.39 is 11.6 Å². The standard InChI is InChI=1S/C9H9F2/c1-2-3-7-4-5-8(10)9(11)6-7/h2,4-6H,3H2,1H3. The first-order chi connectivity index (χ1) is 5.24. The van der Waals surface area contributed by atoms with Crippen LogP contribution in [0.3, 0.4) is 0 Å². The molecule has 0 aliphatic rings. The molecule has 0 saturated heterocycles. The number of benzene rings is 1. The van der Waals surface area contributed by atoms with Gasteiger partial charge in [0.05, 0.1) is 0 Å². The summed E-state index contributed by atoms with van der Waals surface area (Å²) in [7, 11) is 0. The smallest absolute Gasteiger partial charge is 0.159 e. The predicted octanol–water partition coefficient (Wildman–Crippen LogP) is 2.73. The van der Waals surface area contributed by atoms with Gasteiger partial charge in [0.15, 0.2) is 11.6 Å². The fraction of sp³-hybridized carbons (Fsp3) is 0.222. The lowest BCUT2D eigenvalue weighted by molar-refractivity contribution is 0.507. The van der Waals surface area contributed by atoms with Crippen LogP contribution in [0, 0.1) is 18.1 Å². The summed E-state index contributed by atoms with van der Waals surface area (Å²) in [6.45, 7) is 1.88. The average molecular weight is 155 g/mol. The number of hydrogen-bond acceptors (Lipinski definition) is 0. The highest BCUT2D eigenvalue weighted by Crippen LogP contribution is 2.09. The fourth-order valence-corrected chi connectivity index (χ4v) is 0.902. The molecule has 0 aliphatic heterocycles. The Balaban J connectivity index is 2.86. The largest absolute Gasteiger partial charge is 0.204 e. The molecule has 0 saturated carbocycles. The van der Waals surface area contributed by atoms with Crippen LogP contribution < -0.4 is 0 Å². The highest BCUT2D eigenvalue weighted by molar-refractivity contribution is 5.18. The van der Waals surface area contributed by atoms with E-state index in [1.54, 1.807) is 6.07 Å². The first-order valence-corrected chi connectivity index (χ1v) is 3.46. The summed E-state index contributed by atoms with van der Waals surface area (Å²) in [5.74, 6) is -1.56. The van der Waals surface area contributed by atoms with Crippen LogP contribution in [0.1, 0.15) is 12.5 Å². The summed E-state index contributed by atoms with van der Waals surface area (Å²) >= 11 is 0. The van der Waals surface area contributed by atoms with Gasteiger partial charge in [-0.15, -0.1) is 0 Å². The molecule has 0 fully saturated rings. The minimum Gasteiger partial charge on any atom is -0.204 e. The van der Waals surface area contributed by atoms with E-state index in [4.69, 9.17) is 0 Å². The highest BCUT2D eigenvalue weighted by atomic mass is 19.2. The molecule has 0 heterocycles. The third-order valence-corrected chi connectivity index (χ3v) is 1.42. The van der Waals surface area contributed by atoms with Crippen LogP contribution in [0.5, 0.6) is 0 Å². The van der Waals surface area contributed by atoms with Crippen molar-refractivity contribution in [1.29, 1.82) is 0 Å². The zero-order chi connectivity index (χ0) is 8.27. The van der Waals surface area contributed by atoms with Gasteiger partial charge in [0.2, 0.25) is 0 Å². The molecule has 1 rings (SSSR count). The van der Waals surface area contributed by atoms with E-state index >= 15 is 0 Å². The Morgan fingerprint density at radius 1 is 1.27 bits per heavy atom. The normalized spacial score (nSPS) is 10.1. The monoisotopic (exact) mass is 155 g/mol. The van der Waals surface area contributed by atoms with E-state index in [9.17, 15) is 8.78 Å². The summed E-state index contributed by atoms with van der Waals surface area (Å²) in [5, 5.41) is 0. The molecule has 0 unspecified atom stereocenters. The molecule has 1 aromatic carbocycles. The van der Waals surface area contributed by atoms with Gasteiger partial charge in [-0.3, -0.25) is 0 Å². The van der Waals surface area contributed by atoms with E-state index in [0.717, 1.165) is 11.6 Å². The lowest BCUT2D eigenvalue weighted by Gasteiger charge is -1.97. The Kier molecular flexibility index (Phi) is 2.58. The zero-order valence-electron chi connectivity index (χ0n) is 6.27. The van der Waals surface area contributed by atoms with Crippen molar-refractivity contribution in [2.24, 2.45) is 0 Å². The van der Waals surface area contributed by atoms with Gasteiger partial charge >= 0.3 is 0 Å². The molecule has 2 heteroatoms. The van der Waals surface area contributed by atoms with Crippen molar-refractivity contribution in [3.8, 4) is 0 Å². The Morgan fingerprint density at radius 2 is 2.00 bits per heavy atom. The third kappa shape index (κ3) is 2.00. The van der Waals surface area contributed by atoms with E-state index in [1.807, 2.05) is 13.3 Å². The van der Waals surface area contributed by atoms with Gasteiger partial charge in [-0.05, 0) is 30.5 Å². The van der Waals surface area contributed by atoms with Gasteiger partial charge in [0.25, 0.3) is 0 Å². The summed E-state index contributed by atoms with van der Waals surface area (Å²) in [5.41, 5.74) is 0.798. The molecule has 0 amide bonds. The maximum atomic E-state index is 12.5. The number of rotatable bonds is 2. The van der Waals surface area contributed by atoms with Gasteiger partial charge < -0.3 is 0 Å². The van der Waals surface area contributed by atoms with Gasteiger partial charge in [0.1, 0.15) is 0 Å². The van der Waals surface area contributed by atoms with Crippen LogP contribution in [-0.4, -0.2) is 0 Å². The lowest BCUT2D eigenvalue weighted by atomic mass is 10.1. The van der Waals surface area contributed by atoms with Gasteiger partial charge in [-0.2, -0.15) is 0 Å². The summed E-state index contributed by atoms with van der Waals surface area (Å²) in [6.07, 6.45) is 2.57. The van der Waals surface area contributed by atoms with Crippen LogP contribution in [0.4, 0.5) is 8.78 Å². The Hall–Kier alpha value is -0.920. The minimum atomic E-state index is -0.787. The van der Waals surface area contributed by atoms with Crippen molar-refractivity contribution in [2.75, 3.05) is 0 Å². The molecule has 1 aromatic rings. The topological polar surface area (TPSA) is 0 Å². The fourth-order valence-electron chi connectivity index (χ4n) is 0.902. The molecular formula is C9H9F2. The molecule has 11 heavy (non-hydrogen) atoms. The number of hydrogen-bond donors (Lipinski definition) is 0. The summed E-state index contributed by atoms with van der Waals surface area (Å²) in [4.78, 5) is 0. The molecule has 0 atom stereocenters. The maximum absolute atomic E-state index is 12.5. The van der Waals surface area contributed by atoms with Crippen molar-refractivity contribution in [3.05, 3.63) is 41.8 Å². The first kappa shape index (κ1) is 8.18. The second kappa shape index (κ2) is 3.46. The summed E-state index contributed by atoms with van der Waals surface area (Å²) in [6, 6.07) is 3.95. The maximum Gasteiger partial charge on any atom is 0.159 e. The second-order valence-electron chi connectivity index (χ2n) is 2.36. The van der Waals surface area contributed by atoms with E-state index in [1.165, 1.54) is 6.07 Å². The van der Waals surface area contributed by atoms with Gasteiger partial charge in [0, 0.05) is 0 Å². The van der Waals surface area contributed by atoms with Crippen molar-refractivity contribution in [3.63, 3.8) is 0 Å². The second-order valence-corrected chi connectivity index (χ2v) is 2.36. The van der Waals surface area contributed by atoms with Crippen molar-refractivity contribution in [2.45, 2.75) is 13.3 Å². The molecule has 0 aliphatic carbocycles. The molecule has 59 valence electrons. The quantitative estimate of drug-likeness (QED) is 0.616. The molecule has 1 radical (unpaired) electrons. The van der Waals surface area contributed by atoms with Crippen molar-refractivity contribution >= 4 is 0 Å². The number of halogens is 2. The van der Waals surface area contributed by atoms with Crippen LogP contribution in [0.25, 0.3) is 0 Å². The van der Waals surface area contributed by atoms with E-state index in [-0.39, 0.29) is 0 Å². The highest BCUT2D eigenvalue weighted by Gasteiger charge is 2.00.